The van der Waals surface area contributed by atoms with Crippen molar-refractivity contribution in [3.8, 4) is 10.6 Å². The summed E-state index contributed by atoms with van der Waals surface area (Å²) in [4.78, 5) is 22.6. The molecule has 144 valence electrons. The van der Waals surface area contributed by atoms with E-state index in [9.17, 15) is 9.18 Å². The molecule has 0 radical (unpaired) electrons. The summed E-state index contributed by atoms with van der Waals surface area (Å²) in [6, 6.07) is 14.5. The second-order valence-electron chi connectivity index (χ2n) is 6.97. The minimum absolute atomic E-state index is 0.0139. The predicted octanol–water partition coefficient (Wildman–Crippen LogP) is 4.53. The summed E-state index contributed by atoms with van der Waals surface area (Å²) in [6.45, 7) is 6.45. The van der Waals surface area contributed by atoms with Crippen LogP contribution in [0.1, 0.15) is 20.9 Å². The first-order valence-electron chi connectivity index (χ1n) is 9.36. The van der Waals surface area contributed by atoms with Crippen molar-refractivity contribution < 1.29 is 9.18 Å². The highest BCUT2D eigenvalue weighted by Crippen LogP contribution is 2.28. The van der Waals surface area contributed by atoms with E-state index in [0.717, 1.165) is 16.3 Å². The van der Waals surface area contributed by atoms with Crippen LogP contribution in [0.25, 0.3) is 10.6 Å². The zero-order valence-electron chi connectivity index (χ0n) is 16.0. The molecule has 0 unspecified atom stereocenters. The molecule has 3 aromatic rings. The third-order valence-electron chi connectivity index (χ3n) is 5.15. The summed E-state index contributed by atoms with van der Waals surface area (Å²) >= 11 is 1.64. The monoisotopic (exact) mass is 395 g/mol. The van der Waals surface area contributed by atoms with E-state index in [1.807, 2.05) is 47.1 Å². The molecule has 0 N–H and O–H groups in total. The third kappa shape index (κ3) is 3.64. The van der Waals surface area contributed by atoms with Gasteiger partial charge in [-0.2, -0.15) is 0 Å². The molecule has 1 fully saturated rings. The Bertz CT molecular complexity index is 989. The maximum Gasteiger partial charge on any atom is 0.253 e. The molecule has 0 spiro atoms. The minimum Gasteiger partial charge on any atom is -0.366 e. The lowest BCUT2D eigenvalue weighted by Gasteiger charge is -2.36. The number of hydrogen-bond donors (Lipinski definition) is 0. The normalized spacial score (nSPS) is 14.4. The molecule has 0 aliphatic carbocycles. The Balaban J connectivity index is 1.47. The van der Waals surface area contributed by atoms with Gasteiger partial charge >= 0.3 is 0 Å². The summed E-state index contributed by atoms with van der Waals surface area (Å²) in [5, 5.41) is 0.939. The van der Waals surface area contributed by atoms with Gasteiger partial charge < -0.3 is 9.80 Å². The average molecular weight is 396 g/mol. The number of thiazole rings is 1. The standard InChI is InChI=1S/C22H22FN3OS/c1-15-16(2)28-21(24-15)17-6-5-7-18(14-17)22(27)26-12-10-25(11-13-26)20-9-4-3-8-19(20)23/h3-9,14H,10-13H2,1-2H3. The minimum atomic E-state index is -0.219. The number of para-hydroxylation sites is 1. The highest BCUT2D eigenvalue weighted by Gasteiger charge is 2.24. The van der Waals surface area contributed by atoms with Gasteiger partial charge in [0.15, 0.2) is 0 Å². The van der Waals surface area contributed by atoms with Gasteiger partial charge in [0.2, 0.25) is 0 Å². The SMILES string of the molecule is Cc1nc(-c2cccc(C(=O)N3CCN(c4ccccc4F)CC3)c2)sc1C. The van der Waals surface area contributed by atoms with Crippen molar-refractivity contribution in [1.82, 2.24) is 9.88 Å². The van der Waals surface area contributed by atoms with Crippen LogP contribution in [0.3, 0.4) is 0 Å². The van der Waals surface area contributed by atoms with Crippen molar-refractivity contribution in [2.45, 2.75) is 13.8 Å². The first kappa shape index (κ1) is 18.6. The van der Waals surface area contributed by atoms with Gasteiger partial charge in [0.05, 0.1) is 11.4 Å². The third-order valence-corrected chi connectivity index (χ3v) is 6.27. The second-order valence-corrected chi connectivity index (χ2v) is 8.18. The molecule has 2 aromatic carbocycles. The van der Waals surface area contributed by atoms with Crippen molar-refractivity contribution in [2.24, 2.45) is 0 Å². The fourth-order valence-corrected chi connectivity index (χ4v) is 4.33. The molecule has 1 aliphatic heterocycles. The number of benzene rings is 2. The highest BCUT2D eigenvalue weighted by molar-refractivity contribution is 7.15. The van der Waals surface area contributed by atoms with Crippen LogP contribution in [0.15, 0.2) is 48.5 Å². The van der Waals surface area contributed by atoms with Crippen molar-refractivity contribution in [3.05, 3.63) is 70.5 Å². The number of hydrogen-bond acceptors (Lipinski definition) is 4. The van der Waals surface area contributed by atoms with Crippen LogP contribution >= 0.6 is 11.3 Å². The van der Waals surface area contributed by atoms with Crippen molar-refractivity contribution in [1.29, 1.82) is 0 Å². The van der Waals surface area contributed by atoms with Crippen molar-refractivity contribution >= 4 is 22.9 Å². The number of piperazine rings is 1. The molecule has 28 heavy (non-hydrogen) atoms. The number of nitrogens with zero attached hydrogens (tertiary/aromatic N) is 3. The number of amides is 1. The van der Waals surface area contributed by atoms with Gasteiger partial charge in [-0.25, -0.2) is 9.37 Å². The van der Waals surface area contributed by atoms with Gasteiger partial charge in [-0.1, -0.05) is 24.3 Å². The molecule has 4 rings (SSSR count). The molecule has 6 heteroatoms. The molecule has 1 aliphatic rings. The first-order valence-corrected chi connectivity index (χ1v) is 10.2. The van der Waals surface area contributed by atoms with E-state index >= 15 is 0 Å². The Morgan fingerprint density at radius 1 is 1.04 bits per heavy atom. The largest absolute Gasteiger partial charge is 0.366 e. The van der Waals surface area contributed by atoms with E-state index in [-0.39, 0.29) is 11.7 Å². The number of aromatic nitrogens is 1. The summed E-state index contributed by atoms with van der Waals surface area (Å²) in [5.74, 6) is -0.205. The van der Waals surface area contributed by atoms with Crippen LogP contribution in [0.5, 0.6) is 0 Å². The molecular weight excluding hydrogens is 373 g/mol. The van der Waals surface area contributed by atoms with E-state index in [1.54, 1.807) is 23.5 Å². The number of carbonyl (C=O) groups excluding carboxylic acids is 1. The first-order chi connectivity index (χ1) is 13.5. The number of carbonyl (C=O) groups is 1. The number of anilines is 1. The lowest BCUT2D eigenvalue weighted by Crippen LogP contribution is -2.49. The van der Waals surface area contributed by atoms with E-state index in [2.05, 4.69) is 11.9 Å². The van der Waals surface area contributed by atoms with Gasteiger partial charge in [-0.05, 0) is 38.1 Å². The summed E-state index contributed by atoms with van der Waals surface area (Å²) in [5.41, 5.74) is 3.27. The summed E-state index contributed by atoms with van der Waals surface area (Å²) in [7, 11) is 0. The zero-order chi connectivity index (χ0) is 19.7. The zero-order valence-corrected chi connectivity index (χ0v) is 16.8. The molecule has 1 saturated heterocycles. The molecule has 0 atom stereocenters. The van der Waals surface area contributed by atoms with Gasteiger partial charge in [-0.3, -0.25) is 4.79 Å². The molecule has 4 nitrogen and oxygen atoms in total. The van der Waals surface area contributed by atoms with Gasteiger partial charge in [0, 0.05) is 42.2 Å². The summed E-state index contributed by atoms with van der Waals surface area (Å²) < 4.78 is 14.0. The van der Waals surface area contributed by atoms with Gasteiger partial charge in [0.1, 0.15) is 10.8 Å². The van der Waals surface area contributed by atoms with Gasteiger partial charge in [0.25, 0.3) is 5.91 Å². The molecular formula is C22H22FN3OS. The lowest BCUT2D eigenvalue weighted by molar-refractivity contribution is 0.0746. The molecule has 0 saturated carbocycles. The van der Waals surface area contributed by atoms with E-state index in [4.69, 9.17) is 0 Å². The molecule has 0 bridgehead atoms. The Morgan fingerprint density at radius 3 is 2.46 bits per heavy atom. The summed E-state index contributed by atoms with van der Waals surface area (Å²) in [6.07, 6.45) is 0. The fraction of sp³-hybridized carbons (Fsp3) is 0.273. The Morgan fingerprint density at radius 2 is 1.79 bits per heavy atom. The van der Waals surface area contributed by atoms with E-state index < -0.39 is 0 Å². The Hall–Kier alpha value is -2.73. The number of halogens is 1. The van der Waals surface area contributed by atoms with Crippen LogP contribution in [0.2, 0.25) is 0 Å². The van der Waals surface area contributed by atoms with E-state index in [1.165, 1.54) is 10.9 Å². The second kappa shape index (κ2) is 7.72. The van der Waals surface area contributed by atoms with E-state index in [0.29, 0.717) is 37.4 Å². The molecule has 2 heterocycles. The Kier molecular flexibility index (Phi) is 5.13. The highest BCUT2D eigenvalue weighted by atomic mass is 32.1. The van der Waals surface area contributed by atoms with Crippen LogP contribution < -0.4 is 4.90 Å². The average Bonchev–Trinajstić information content (AvgIpc) is 3.07. The number of aryl methyl sites for hydroxylation is 2. The maximum absolute atomic E-state index is 14.0. The molecule has 1 aromatic heterocycles. The topological polar surface area (TPSA) is 36.4 Å². The lowest BCUT2D eigenvalue weighted by atomic mass is 10.1. The fourth-order valence-electron chi connectivity index (χ4n) is 3.42. The van der Waals surface area contributed by atoms with Crippen LogP contribution in [-0.4, -0.2) is 42.0 Å². The van der Waals surface area contributed by atoms with Crippen molar-refractivity contribution in [2.75, 3.05) is 31.1 Å². The van der Waals surface area contributed by atoms with Gasteiger partial charge in [-0.15, -0.1) is 11.3 Å². The van der Waals surface area contributed by atoms with Crippen LogP contribution in [0.4, 0.5) is 10.1 Å². The number of rotatable bonds is 3. The maximum atomic E-state index is 14.0. The quantitative estimate of drug-likeness (QED) is 0.654. The smallest absolute Gasteiger partial charge is 0.253 e. The van der Waals surface area contributed by atoms with Crippen LogP contribution in [0, 0.1) is 19.7 Å². The molecule has 1 amide bonds. The predicted molar refractivity (Wildman–Crippen MR) is 112 cm³/mol. The Labute approximate surface area is 168 Å². The van der Waals surface area contributed by atoms with Crippen LogP contribution in [-0.2, 0) is 0 Å². The van der Waals surface area contributed by atoms with Crippen molar-refractivity contribution in [3.63, 3.8) is 0 Å².